The lowest BCUT2D eigenvalue weighted by Crippen LogP contribution is -2.13. The van der Waals surface area contributed by atoms with Gasteiger partial charge in [-0.15, -0.1) is 0 Å². The average molecular weight is 391 g/mol. The summed E-state index contributed by atoms with van der Waals surface area (Å²) in [6.45, 7) is 4.45. The number of carbonyl (C=O) groups excluding carboxylic acids is 1. The number of anilines is 4. The molecule has 0 saturated carbocycles. The van der Waals surface area contributed by atoms with E-state index < -0.39 is 0 Å². The Labute approximate surface area is 170 Å². The van der Waals surface area contributed by atoms with E-state index in [9.17, 15) is 4.79 Å². The Morgan fingerprint density at radius 3 is 2.28 bits per heavy atom. The molecular formula is C22H25N5O2. The second-order valence-corrected chi connectivity index (χ2v) is 6.70. The molecule has 1 amide bonds. The molecule has 0 saturated heterocycles. The number of rotatable bonds is 7. The van der Waals surface area contributed by atoms with Crippen molar-refractivity contribution in [3.63, 3.8) is 0 Å². The summed E-state index contributed by atoms with van der Waals surface area (Å²) in [5.74, 6) is 1.93. The second kappa shape index (κ2) is 9.05. The lowest BCUT2D eigenvalue weighted by Gasteiger charge is -2.14. The second-order valence-electron chi connectivity index (χ2n) is 6.70. The molecule has 2 N–H and O–H groups in total. The van der Waals surface area contributed by atoms with Crippen LogP contribution in [0, 0.1) is 6.92 Å². The minimum atomic E-state index is -0.175. The van der Waals surface area contributed by atoms with E-state index in [0.29, 0.717) is 23.8 Å². The molecule has 0 aliphatic carbocycles. The highest BCUT2D eigenvalue weighted by molar-refractivity contribution is 6.04. The quantitative estimate of drug-likeness (QED) is 0.627. The zero-order valence-corrected chi connectivity index (χ0v) is 17.1. The van der Waals surface area contributed by atoms with Gasteiger partial charge in [0.25, 0.3) is 5.91 Å². The Balaban J connectivity index is 1.65. The standard InChI is InChI=1S/C22H25N5O2/c1-5-29-19-12-6-16(7-13-19)21(28)24-17-8-10-18(11-9-17)25-22-23-15(2)14-20(26-22)27(3)4/h6-14H,5H2,1-4H3,(H,24,28)(H,23,25,26). The van der Waals surface area contributed by atoms with Gasteiger partial charge in [0.05, 0.1) is 6.61 Å². The van der Waals surface area contributed by atoms with E-state index in [1.165, 1.54) is 0 Å². The van der Waals surface area contributed by atoms with Crippen molar-refractivity contribution in [3.8, 4) is 5.75 Å². The van der Waals surface area contributed by atoms with Gasteiger partial charge in [-0.25, -0.2) is 4.98 Å². The van der Waals surface area contributed by atoms with Crippen molar-refractivity contribution in [1.29, 1.82) is 0 Å². The Morgan fingerprint density at radius 1 is 1.00 bits per heavy atom. The molecule has 150 valence electrons. The van der Waals surface area contributed by atoms with Crippen LogP contribution in [0.3, 0.4) is 0 Å². The number of aryl methyl sites for hydroxylation is 1. The summed E-state index contributed by atoms with van der Waals surface area (Å²) >= 11 is 0. The van der Waals surface area contributed by atoms with Gasteiger partial charge < -0.3 is 20.3 Å². The molecule has 0 bridgehead atoms. The molecule has 0 radical (unpaired) electrons. The van der Waals surface area contributed by atoms with Crippen LogP contribution >= 0.6 is 0 Å². The largest absolute Gasteiger partial charge is 0.494 e. The normalized spacial score (nSPS) is 10.3. The van der Waals surface area contributed by atoms with Crippen LogP contribution in [0.1, 0.15) is 23.0 Å². The first kappa shape index (κ1) is 20.1. The van der Waals surface area contributed by atoms with E-state index in [0.717, 1.165) is 22.9 Å². The summed E-state index contributed by atoms with van der Waals surface area (Å²) in [5.41, 5.74) is 2.98. The minimum absolute atomic E-state index is 0.175. The van der Waals surface area contributed by atoms with Gasteiger partial charge >= 0.3 is 0 Å². The number of aromatic nitrogens is 2. The summed E-state index contributed by atoms with van der Waals surface area (Å²) < 4.78 is 5.40. The number of nitrogens with one attached hydrogen (secondary N) is 2. The molecule has 3 aromatic rings. The van der Waals surface area contributed by atoms with Crippen LogP contribution in [0.15, 0.2) is 54.6 Å². The maximum absolute atomic E-state index is 12.4. The average Bonchev–Trinajstić information content (AvgIpc) is 2.70. The van der Waals surface area contributed by atoms with Gasteiger partial charge in [0.2, 0.25) is 5.95 Å². The van der Waals surface area contributed by atoms with Gasteiger partial charge in [0.1, 0.15) is 11.6 Å². The van der Waals surface area contributed by atoms with Crippen LogP contribution in [-0.2, 0) is 0 Å². The molecule has 3 rings (SSSR count). The topological polar surface area (TPSA) is 79.4 Å². The van der Waals surface area contributed by atoms with E-state index in [2.05, 4.69) is 20.6 Å². The predicted molar refractivity (Wildman–Crippen MR) is 116 cm³/mol. The van der Waals surface area contributed by atoms with Crippen LogP contribution in [0.2, 0.25) is 0 Å². The number of ether oxygens (including phenoxy) is 1. The van der Waals surface area contributed by atoms with Crippen molar-refractivity contribution in [2.45, 2.75) is 13.8 Å². The number of hydrogen-bond donors (Lipinski definition) is 2. The van der Waals surface area contributed by atoms with Crippen molar-refractivity contribution in [2.75, 3.05) is 36.2 Å². The molecule has 0 spiro atoms. The lowest BCUT2D eigenvalue weighted by atomic mass is 10.2. The molecule has 0 aliphatic rings. The first-order valence-electron chi connectivity index (χ1n) is 9.39. The molecule has 0 aliphatic heterocycles. The van der Waals surface area contributed by atoms with Crippen molar-refractivity contribution in [2.24, 2.45) is 0 Å². The first-order chi connectivity index (χ1) is 13.9. The molecule has 1 heterocycles. The molecular weight excluding hydrogens is 366 g/mol. The Bertz CT molecular complexity index is 969. The number of benzene rings is 2. The minimum Gasteiger partial charge on any atom is -0.494 e. The van der Waals surface area contributed by atoms with E-state index in [-0.39, 0.29) is 5.91 Å². The molecule has 2 aromatic carbocycles. The first-order valence-corrected chi connectivity index (χ1v) is 9.39. The fraction of sp³-hybridized carbons (Fsp3) is 0.227. The number of amides is 1. The van der Waals surface area contributed by atoms with E-state index in [1.54, 1.807) is 24.3 Å². The smallest absolute Gasteiger partial charge is 0.255 e. The van der Waals surface area contributed by atoms with Crippen LogP contribution < -0.4 is 20.3 Å². The maximum Gasteiger partial charge on any atom is 0.255 e. The van der Waals surface area contributed by atoms with E-state index >= 15 is 0 Å². The van der Waals surface area contributed by atoms with Gasteiger partial charge in [0.15, 0.2) is 0 Å². The molecule has 1 aromatic heterocycles. The molecule has 29 heavy (non-hydrogen) atoms. The Kier molecular flexibility index (Phi) is 6.29. The lowest BCUT2D eigenvalue weighted by molar-refractivity contribution is 0.102. The highest BCUT2D eigenvalue weighted by atomic mass is 16.5. The number of nitrogens with zero attached hydrogens (tertiary/aromatic N) is 3. The highest BCUT2D eigenvalue weighted by Gasteiger charge is 2.08. The fourth-order valence-electron chi connectivity index (χ4n) is 2.68. The van der Waals surface area contributed by atoms with Crippen LogP contribution in [0.5, 0.6) is 5.75 Å². The SMILES string of the molecule is CCOc1ccc(C(=O)Nc2ccc(Nc3nc(C)cc(N(C)C)n3)cc2)cc1. The van der Waals surface area contributed by atoms with Gasteiger partial charge in [0, 0.05) is 42.8 Å². The third kappa shape index (κ3) is 5.44. The van der Waals surface area contributed by atoms with Crippen molar-refractivity contribution >= 4 is 29.0 Å². The van der Waals surface area contributed by atoms with Gasteiger partial charge in [-0.1, -0.05) is 0 Å². The van der Waals surface area contributed by atoms with Gasteiger partial charge in [-0.05, 0) is 62.4 Å². The Hall–Kier alpha value is -3.61. The van der Waals surface area contributed by atoms with Crippen LogP contribution in [0.25, 0.3) is 0 Å². The highest BCUT2D eigenvalue weighted by Crippen LogP contribution is 2.20. The molecule has 0 fully saturated rings. The summed E-state index contributed by atoms with van der Waals surface area (Å²) in [7, 11) is 3.88. The molecule has 7 heteroatoms. The third-order valence-electron chi connectivity index (χ3n) is 4.13. The molecule has 0 unspecified atom stereocenters. The van der Waals surface area contributed by atoms with Gasteiger partial charge in [-0.2, -0.15) is 4.98 Å². The monoisotopic (exact) mass is 391 g/mol. The third-order valence-corrected chi connectivity index (χ3v) is 4.13. The summed E-state index contributed by atoms with van der Waals surface area (Å²) in [6, 6.07) is 16.4. The summed E-state index contributed by atoms with van der Waals surface area (Å²) in [6.07, 6.45) is 0. The van der Waals surface area contributed by atoms with Crippen LogP contribution in [0.4, 0.5) is 23.1 Å². The number of hydrogen-bond acceptors (Lipinski definition) is 6. The Morgan fingerprint density at radius 2 is 1.66 bits per heavy atom. The van der Waals surface area contributed by atoms with Crippen molar-refractivity contribution in [3.05, 3.63) is 65.9 Å². The van der Waals surface area contributed by atoms with E-state index in [1.807, 2.05) is 63.2 Å². The number of carbonyl (C=O) groups is 1. The zero-order chi connectivity index (χ0) is 20.8. The zero-order valence-electron chi connectivity index (χ0n) is 17.1. The summed E-state index contributed by atoms with van der Waals surface area (Å²) in [5, 5.41) is 6.08. The van der Waals surface area contributed by atoms with E-state index in [4.69, 9.17) is 4.74 Å². The van der Waals surface area contributed by atoms with Crippen molar-refractivity contribution in [1.82, 2.24) is 9.97 Å². The van der Waals surface area contributed by atoms with Crippen molar-refractivity contribution < 1.29 is 9.53 Å². The van der Waals surface area contributed by atoms with Gasteiger partial charge in [-0.3, -0.25) is 4.79 Å². The van der Waals surface area contributed by atoms with Crippen LogP contribution in [-0.4, -0.2) is 36.6 Å². The maximum atomic E-state index is 12.4. The fourth-order valence-corrected chi connectivity index (χ4v) is 2.68. The summed E-state index contributed by atoms with van der Waals surface area (Å²) in [4.78, 5) is 23.2. The predicted octanol–water partition coefficient (Wildman–Crippen LogP) is 4.25. The molecule has 7 nitrogen and oxygen atoms in total. The molecule has 0 atom stereocenters.